The van der Waals surface area contributed by atoms with Crippen LogP contribution in [0.5, 0.6) is 5.75 Å². The summed E-state index contributed by atoms with van der Waals surface area (Å²) in [5.74, 6) is 5.62. The maximum absolute atomic E-state index is 12.7. The minimum absolute atomic E-state index is 0.181. The molecule has 1 aromatic carbocycles. The average Bonchev–Trinajstić information content (AvgIpc) is 3.22. The van der Waals surface area contributed by atoms with Crippen molar-refractivity contribution in [2.24, 2.45) is 17.8 Å². The van der Waals surface area contributed by atoms with E-state index in [2.05, 4.69) is 47.3 Å². The van der Waals surface area contributed by atoms with Crippen molar-refractivity contribution in [1.82, 2.24) is 14.9 Å². The molecular formula is C37H55N5O2. The third-order valence-electron chi connectivity index (χ3n) is 11.3. The molecule has 7 heteroatoms. The average molecular weight is 602 g/mol. The minimum atomic E-state index is 0.181. The first-order valence-corrected chi connectivity index (χ1v) is 17.8. The van der Waals surface area contributed by atoms with Crippen LogP contribution in [-0.2, 0) is 11.2 Å². The third-order valence-corrected chi connectivity index (χ3v) is 11.3. The number of carbonyl (C=O) groups excluding carboxylic acids is 1. The number of fused-ring (bicyclic) bond motifs is 3. The molecule has 2 saturated heterocycles. The quantitative estimate of drug-likeness (QED) is 0.308. The van der Waals surface area contributed by atoms with Crippen LogP contribution in [0.1, 0.15) is 114 Å². The molecule has 1 aliphatic carbocycles. The number of ketones is 1. The van der Waals surface area contributed by atoms with Gasteiger partial charge in [-0.25, -0.2) is 4.98 Å². The van der Waals surface area contributed by atoms with Gasteiger partial charge in [-0.2, -0.15) is 4.98 Å². The summed E-state index contributed by atoms with van der Waals surface area (Å²) in [6.45, 7) is 5.68. The fraction of sp³-hybridized carbons (Fsp3) is 0.703. The van der Waals surface area contributed by atoms with Crippen LogP contribution >= 0.6 is 0 Å². The number of Topliss-reactive ketones (excluding diaryl/α,β-unsaturated/α-hetero) is 1. The highest BCUT2D eigenvalue weighted by molar-refractivity contribution is 5.81. The number of benzene rings is 1. The van der Waals surface area contributed by atoms with E-state index in [1.54, 1.807) is 7.11 Å². The van der Waals surface area contributed by atoms with Crippen LogP contribution in [0.25, 0.3) is 0 Å². The third kappa shape index (κ3) is 7.58. The van der Waals surface area contributed by atoms with Crippen molar-refractivity contribution >= 4 is 23.2 Å². The Labute approximate surface area is 265 Å². The van der Waals surface area contributed by atoms with Gasteiger partial charge in [-0.1, -0.05) is 38.7 Å². The lowest BCUT2D eigenvalue weighted by atomic mass is 9.85. The lowest BCUT2D eigenvalue weighted by molar-refractivity contribution is -0.119. The Morgan fingerprint density at radius 2 is 1.73 bits per heavy atom. The van der Waals surface area contributed by atoms with Crippen molar-refractivity contribution in [3.8, 4) is 5.75 Å². The largest absolute Gasteiger partial charge is 0.495 e. The number of ether oxygens (including phenoxy) is 1. The highest BCUT2D eigenvalue weighted by Crippen LogP contribution is 2.40. The maximum atomic E-state index is 12.7. The molecule has 2 aromatic rings. The number of methoxy groups -OCH3 is 1. The second kappa shape index (κ2) is 14.6. The molecule has 6 rings (SSSR count). The van der Waals surface area contributed by atoms with Gasteiger partial charge < -0.3 is 19.9 Å². The minimum Gasteiger partial charge on any atom is -0.495 e. The van der Waals surface area contributed by atoms with Crippen LogP contribution in [0.3, 0.4) is 0 Å². The lowest BCUT2D eigenvalue weighted by Crippen LogP contribution is -2.35. The van der Waals surface area contributed by atoms with E-state index in [0.717, 1.165) is 72.8 Å². The predicted octanol–water partition coefficient (Wildman–Crippen LogP) is 7.92. The molecule has 3 fully saturated rings. The number of hydrogen-bond donors (Lipinski definition) is 1. The fourth-order valence-corrected chi connectivity index (χ4v) is 8.71. The van der Waals surface area contributed by atoms with E-state index >= 15 is 0 Å². The molecule has 1 aromatic heterocycles. The molecule has 0 radical (unpaired) electrons. The standard InChI is InChI=1S/C37H55N5O2/c1-4-30-23-32(43)24-31-11-7-18-42(31)36-33(30)25-38-37(40-36)39-34-15-14-29(22-35(34)44-3)21-27-9-5-8-26(12-13-27)20-28-10-6-17-41(2)19-16-28/h14-15,22,25-28,30-31H,4-13,16-21,23-24H2,1-3H3,(H,38,39,40). The van der Waals surface area contributed by atoms with Gasteiger partial charge in [0.1, 0.15) is 17.4 Å². The van der Waals surface area contributed by atoms with Crippen molar-refractivity contribution in [1.29, 1.82) is 0 Å². The van der Waals surface area contributed by atoms with E-state index in [9.17, 15) is 4.79 Å². The van der Waals surface area contributed by atoms with Gasteiger partial charge in [0.15, 0.2) is 0 Å². The number of nitrogens with zero attached hydrogens (tertiary/aromatic N) is 4. The molecule has 44 heavy (non-hydrogen) atoms. The number of aromatic nitrogens is 2. The smallest absolute Gasteiger partial charge is 0.229 e. The molecule has 7 nitrogen and oxygen atoms in total. The molecule has 1 saturated carbocycles. The van der Waals surface area contributed by atoms with Crippen molar-refractivity contribution < 1.29 is 9.53 Å². The lowest BCUT2D eigenvalue weighted by Gasteiger charge is -2.32. The predicted molar refractivity (Wildman–Crippen MR) is 179 cm³/mol. The van der Waals surface area contributed by atoms with E-state index < -0.39 is 0 Å². The fourth-order valence-electron chi connectivity index (χ4n) is 8.71. The van der Waals surface area contributed by atoms with E-state index in [0.29, 0.717) is 24.6 Å². The molecular weight excluding hydrogens is 546 g/mol. The van der Waals surface area contributed by atoms with Crippen LogP contribution in [0.15, 0.2) is 24.4 Å². The summed E-state index contributed by atoms with van der Waals surface area (Å²) in [5.41, 5.74) is 3.38. The molecule has 4 heterocycles. The van der Waals surface area contributed by atoms with Crippen LogP contribution in [0.4, 0.5) is 17.5 Å². The van der Waals surface area contributed by atoms with Gasteiger partial charge in [0.25, 0.3) is 0 Å². The normalized spacial score (nSPS) is 28.3. The Balaban J connectivity index is 1.10. The first-order valence-electron chi connectivity index (χ1n) is 17.8. The van der Waals surface area contributed by atoms with Crippen molar-refractivity contribution in [3.63, 3.8) is 0 Å². The summed E-state index contributed by atoms with van der Waals surface area (Å²) >= 11 is 0. The Morgan fingerprint density at radius 3 is 2.59 bits per heavy atom. The number of rotatable bonds is 8. The number of carbonyl (C=O) groups is 1. The molecule has 5 atom stereocenters. The van der Waals surface area contributed by atoms with Gasteiger partial charge >= 0.3 is 0 Å². The number of likely N-dealkylation sites (tertiary alicyclic amines) is 1. The highest BCUT2D eigenvalue weighted by atomic mass is 16.5. The van der Waals surface area contributed by atoms with Crippen LogP contribution < -0.4 is 15.0 Å². The number of nitrogens with one attached hydrogen (secondary N) is 1. The Hall–Kier alpha value is -2.67. The number of anilines is 3. The SMILES string of the molecule is CCC1CC(=O)CC2CCCN2c2nc(Nc3ccc(CC4CCCC(CC5CCCN(C)CC5)CC4)cc3OC)ncc21. The van der Waals surface area contributed by atoms with Gasteiger partial charge in [-0.3, -0.25) is 4.79 Å². The van der Waals surface area contributed by atoms with Crippen molar-refractivity contribution in [2.45, 2.75) is 115 Å². The molecule has 4 aliphatic rings. The van der Waals surface area contributed by atoms with Crippen molar-refractivity contribution in [2.75, 3.05) is 44.0 Å². The van der Waals surface area contributed by atoms with Gasteiger partial charge in [-0.15, -0.1) is 0 Å². The van der Waals surface area contributed by atoms with Crippen LogP contribution in [-0.4, -0.2) is 60.5 Å². The molecule has 3 aliphatic heterocycles. The van der Waals surface area contributed by atoms with Gasteiger partial charge in [0, 0.05) is 37.2 Å². The molecule has 1 N–H and O–H groups in total. The monoisotopic (exact) mass is 601 g/mol. The summed E-state index contributed by atoms with van der Waals surface area (Å²) in [4.78, 5) is 27.4. The summed E-state index contributed by atoms with van der Waals surface area (Å²) in [7, 11) is 4.04. The molecule has 0 spiro atoms. The second-order valence-corrected chi connectivity index (χ2v) is 14.5. The summed E-state index contributed by atoms with van der Waals surface area (Å²) < 4.78 is 5.89. The molecule has 240 valence electrons. The number of hydrogen-bond acceptors (Lipinski definition) is 7. The topological polar surface area (TPSA) is 70.6 Å². The van der Waals surface area contributed by atoms with E-state index in [4.69, 9.17) is 14.7 Å². The Morgan fingerprint density at radius 1 is 0.932 bits per heavy atom. The molecule has 0 bridgehead atoms. The zero-order valence-electron chi connectivity index (χ0n) is 27.5. The van der Waals surface area contributed by atoms with E-state index in [1.165, 1.54) is 76.4 Å². The van der Waals surface area contributed by atoms with Gasteiger partial charge in [0.05, 0.1) is 12.8 Å². The first-order chi connectivity index (χ1) is 21.5. The zero-order valence-corrected chi connectivity index (χ0v) is 27.5. The second-order valence-electron chi connectivity index (χ2n) is 14.5. The van der Waals surface area contributed by atoms with Gasteiger partial charge in [-0.05, 0) is 119 Å². The first kappa shape index (κ1) is 31.3. The zero-order chi connectivity index (χ0) is 30.5. The molecule has 5 unspecified atom stereocenters. The van der Waals surface area contributed by atoms with Crippen molar-refractivity contribution in [3.05, 3.63) is 35.5 Å². The van der Waals surface area contributed by atoms with Gasteiger partial charge in [0.2, 0.25) is 5.95 Å². The Bertz CT molecular complexity index is 1270. The summed E-state index contributed by atoms with van der Waals surface area (Å²) in [6, 6.07) is 6.88. The maximum Gasteiger partial charge on any atom is 0.229 e. The molecule has 0 amide bonds. The van der Waals surface area contributed by atoms with E-state index in [1.807, 2.05) is 6.20 Å². The Kier molecular flexibility index (Phi) is 10.4. The summed E-state index contributed by atoms with van der Waals surface area (Å²) in [6.07, 6.45) is 19.9. The summed E-state index contributed by atoms with van der Waals surface area (Å²) in [5, 5.41) is 3.48. The van der Waals surface area contributed by atoms with Crippen LogP contribution in [0, 0.1) is 17.8 Å². The van der Waals surface area contributed by atoms with E-state index in [-0.39, 0.29) is 12.0 Å². The van der Waals surface area contributed by atoms with Crippen LogP contribution in [0.2, 0.25) is 0 Å². The highest BCUT2D eigenvalue weighted by Gasteiger charge is 2.34.